The first kappa shape index (κ1) is 43.9. The van der Waals surface area contributed by atoms with E-state index in [1.54, 1.807) is 0 Å². The topological polar surface area (TPSA) is 78.9 Å². The quantitative estimate of drug-likeness (QED) is 0.0320. The zero-order valence-corrected chi connectivity index (χ0v) is 30.0. The largest absolute Gasteiger partial charge is 0.462 e. The average molecular weight is 655 g/mol. The van der Waals surface area contributed by atoms with Gasteiger partial charge >= 0.3 is 17.9 Å². The highest BCUT2D eigenvalue weighted by Gasteiger charge is 2.19. The van der Waals surface area contributed by atoms with Crippen molar-refractivity contribution in [1.82, 2.24) is 0 Å². The summed E-state index contributed by atoms with van der Waals surface area (Å²) in [5.41, 5.74) is 0. The second-order valence-electron chi connectivity index (χ2n) is 11.8. The fraction of sp³-hybridized carbons (Fsp3) is 0.634. The summed E-state index contributed by atoms with van der Waals surface area (Å²) in [6, 6.07) is 0. The van der Waals surface area contributed by atoms with E-state index in [-0.39, 0.29) is 31.6 Å². The van der Waals surface area contributed by atoms with Crippen LogP contribution in [-0.2, 0) is 28.6 Å². The van der Waals surface area contributed by atoms with Gasteiger partial charge in [0.2, 0.25) is 0 Å². The summed E-state index contributed by atoms with van der Waals surface area (Å²) in [7, 11) is 0. The van der Waals surface area contributed by atoms with Gasteiger partial charge in [-0.15, -0.1) is 0 Å². The van der Waals surface area contributed by atoms with Crippen LogP contribution < -0.4 is 0 Å². The summed E-state index contributed by atoms with van der Waals surface area (Å²) < 4.78 is 16.3. The van der Waals surface area contributed by atoms with E-state index >= 15 is 0 Å². The highest BCUT2D eigenvalue weighted by atomic mass is 16.6. The van der Waals surface area contributed by atoms with Crippen LogP contribution in [0.4, 0.5) is 0 Å². The Kier molecular flexibility index (Phi) is 33.3. The van der Waals surface area contributed by atoms with Gasteiger partial charge in [-0.05, 0) is 57.8 Å². The van der Waals surface area contributed by atoms with E-state index < -0.39 is 12.1 Å². The van der Waals surface area contributed by atoms with E-state index in [2.05, 4.69) is 81.5 Å². The number of ether oxygens (including phenoxy) is 3. The number of allylic oxidation sites excluding steroid dienone is 12. The Morgan fingerprint density at radius 3 is 1.23 bits per heavy atom. The summed E-state index contributed by atoms with van der Waals surface area (Å²) in [5, 5.41) is 0. The molecule has 0 aliphatic rings. The van der Waals surface area contributed by atoms with E-state index in [4.69, 9.17) is 14.2 Å². The van der Waals surface area contributed by atoms with Gasteiger partial charge in [0.15, 0.2) is 6.10 Å². The lowest BCUT2D eigenvalue weighted by molar-refractivity contribution is -0.166. The second-order valence-corrected chi connectivity index (χ2v) is 11.8. The molecule has 0 rings (SSSR count). The third-order valence-corrected chi connectivity index (χ3v) is 7.24. The van der Waals surface area contributed by atoms with Crippen LogP contribution in [0.3, 0.4) is 0 Å². The van der Waals surface area contributed by atoms with Gasteiger partial charge < -0.3 is 14.2 Å². The number of unbranched alkanes of at least 4 members (excludes halogenated alkanes) is 8. The first-order valence-electron chi connectivity index (χ1n) is 18.4. The van der Waals surface area contributed by atoms with Crippen molar-refractivity contribution in [2.24, 2.45) is 0 Å². The predicted molar refractivity (Wildman–Crippen MR) is 196 cm³/mol. The third-order valence-electron chi connectivity index (χ3n) is 7.24. The number of hydrogen-bond acceptors (Lipinski definition) is 6. The second kappa shape index (κ2) is 35.7. The molecule has 6 heteroatoms. The van der Waals surface area contributed by atoms with Gasteiger partial charge in [-0.1, -0.05) is 145 Å². The number of carbonyl (C=O) groups is 3. The first-order valence-corrected chi connectivity index (χ1v) is 18.4. The SMILES string of the molecule is CC/C=C/C/C=C/C/C=C/C/C=C/C/C=C/C/C=C/CCC(=O)OC(COC(=O)CCCCCCC)COC(=O)CCCCCCC. The van der Waals surface area contributed by atoms with Crippen LogP contribution in [0.15, 0.2) is 72.9 Å². The van der Waals surface area contributed by atoms with Crippen LogP contribution in [0.25, 0.3) is 0 Å². The van der Waals surface area contributed by atoms with Crippen LogP contribution in [0.5, 0.6) is 0 Å². The molecule has 0 amide bonds. The summed E-state index contributed by atoms with van der Waals surface area (Å²) in [6.45, 7) is 6.23. The monoisotopic (exact) mass is 654 g/mol. The summed E-state index contributed by atoms with van der Waals surface area (Å²) in [5.74, 6) is -1.04. The molecule has 266 valence electrons. The molecular weight excluding hydrogens is 588 g/mol. The fourth-order valence-corrected chi connectivity index (χ4v) is 4.46. The maximum Gasteiger partial charge on any atom is 0.306 e. The minimum atomic E-state index is -0.805. The molecule has 0 aromatic carbocycles. The highest BCUT2D eigenvalue weighted by Crippen LogP contribution is 2.09. The van der Waals surface area contributed by atoms with Crippen molar-refractivity contribution in [1.29, 1.82) is 0 Å². The Bertz CT molecular complexity index is 910. The van der Waals surface area contributed by atoms with Gasteiger partial charge in [-0.3, -0.25) is 14.4 Å². The number of hydrogen-bond donors (Lipinski definition) is 0. The Hall–Kier alpha value is -3.15. The van der Waals surface area contributed by atoms with Gasteiger partial charge in [0.1, 0.15) is 13.2 Å². The molecule has 6 nitrogen and oxygen atoms in total. The standard InChI is InChI=1S/C41H66O6/c1-4-7-10-13-14-15-16-17-18-19-20-21-22-23-24-25-26-29-32-35-41(44)47-38(36-45-39(42)33-30-27-11-8-5-2)37-46-40(43)34-31-28-12-9-6-3/h7,10,14-15,17-18,20-21,23-24,26,29,38H,4-6,8-9,11-13,16,19,22,25,27-28,30-37H2,1-3H3/b10-7+,15-14+,18-17+,21-20+,24-23+,29-26+. The van der Waals surface area contributed by atoms with E-state index in [0.717, 1.165) is 103 Å². The molecule has 0 bridgehead atoms. The third kappa shape index (κ3) is 34.0. The molecule has 0 saturated heterocycles. The van der Waals surface area contributed by atoms with Crippen molar-refractivity contribution in [3.8, 4) is 0 Å². The Morgan fingerprint density at radius 1 is 0.447 bits per heavy atom. The normalized spacial score (nSPS) is 12.3. The molecule has 0 atom stereocenters. The molecule has 0 heterocycles. The van der Waals surface area contributed by atoms with E-state index in [9.17, 15) is 14.4 Å². The molecule has 0 aliphatic carbocycles. The van der Waals surface area contributed by atoms with E-state index in [0.29, 0.717) is 19.3 Å². The molecular formula is C41H66O6. The molecule has 0 aromatic rings. The van der Waals surface area contributed by atoms with Crippen molar-refractivity contribution in [2.45, 2.75) is 155 Å². The van der Waals surface area contributed by atoms with Gasteiger partial charge in [0.25, 0.3) is 0 Å². The molecule has 0 aliphatic heterocycles. The van der Waals surface area contributed by atoms with Crippen LogP contribution >= 0.6 is 0 Å². The van der Waals surface area contributed by atoms with Gasteiger partial charge in [-0.25, -0.2) is 0 Å². The molecule has 0 spiro atoms. The van der Waals surface area contributed by atoms with Crippen molar-refractivity contribution >= 4 is 17.9 Å². The van der Waals surface area contributed by atoms with Gasteiger partial charge in [0, 0.05) is 19.3 Å². The van der Waals surface area contributed by atoms with Crippen LogP contribution in [-0.4, -0.2) is 37.2 Å². The maximum absolute atomic E-state index is 12.5. The highest BCUT2D eigenvalue weighted by molar-refractivity contribution is 5.71. The summed E-state index contributed by atoms with van der Waals surface area (Å²) >= 11 is 0. The number of esters is 3. The molecule has 47 heavy (non-hydrogen) atoms. The predicted octanol–water partition coefficient (Wildman–Crippen LogP) is 11.2. The maximum atomic E-state index is 12.5. The summed E-state index contributed by atoms with van der Waals surface area (Å²) in [6.07, 6.45) is 42.5. The molecule has 0 saturated carbocycles. The van der Waals surface area contributed by atoms with Crippen molar-refractivity contribution in [3.63, 3.8) is 0 Å². The van der Waals surface area contributed by atoms with E-state index in [1.165, 1.54) is 0 Å². The molecule has 0 radical (unpaired) electrons. The Labute approximate surface area is 287 Å². The Balaban J connectivity index is 4.36. The van der Waals surface area contributed by atoms with Gasteiger partial charge in [0.05, 0.1) is 0 Å². The van der Waals surface area contributed by atoms with Crippen molar-refractivity contribution in [3.05, 3.63) is 72.9 Å². The van der Waals surface area contributed by atoms with E-state index in [1.807, 2.05) is 12.2 Å². The van der Waals surface area contributed by atoms with Crippen LogP contribution in [0, 0.1) is 0 Å². The Morgan fingerprint density at radius 2 is 0.830 bits per heavy atom. The molecule has 0 unspecified atom stereocenters. The lowest BCUT2D eigenvalue weighted by atomic mass is 10.1. The van der Waals surface area contributed by atoms with Gasteiger partial charge in [-0.2, -0.15) is 0 Å². The van der Waals surface area contributed by atoms with Crippen LogP contribution in [0.1, 0.15) is 149 Å². The number of carbonyl (C=O) groups excluding carboxylic acids is 3. The average Bonchev–Trinajstić information content (AvgIpc) is 3.06. The molecule has 0 aromatic heterocycles. The lowest BCUT2D eigenvalue weighted by Crippen LogP contribution is -2.30. The number of rotatable bonds is 31. The summed E-state index contributed by atoms with van der Waals surface area (Å²) in [4.78, 5) is 36.9. The lowest BCUT2D eigenvalue weighted by Gasteiger charge is -2.18. The molecule has 0 fully saturated rings. The first-order chi connectivity index (χ1) is 23.0. The van der Waals surface area contributed by atoms with Crippen molar-refractivity contribution < 1.29 is 28.6 Å². The van der Waals surface area contributed by atoms with Crippen molar-refractivity contribution in [2.75, 3.05) is 13.2 Å². The zero-order chi connectivity index (χ0) is 34.5. The minimum Gasteiger partial charge on any atom is -0.462 e. The zero-order valence-electron chi connectivity index (χ0n) is 30.0. The fourth-order valence-electron chi connectivity index (χ4n) is 4.46. The minimum absolute atomic E-state index is 0.108. The van der Waals surface area contributed by atoms with Crippen LogP contribution in [0.2, 0.25) is 0 Å². The smallest absolute Gasteiger partial charge is 0.306 e. The molecule has 0 N–H and O–H groups in total.